The third-order valence-corrected chi connectivity index (χ3v) is 4.73. The molecule has 0 amide bonds. The van der Waals surface area contributed by atoms with E-state index in [2.05, 4.69) is 20.5 Å². The highest BCUT2D eigenvalue weighted by molar-refractivity contribution is 7.12. The minimum atomic E-state index is -4.69. The maximum Gasteiger partial charge on any atom is 0.433 e. The first-order chi connectivity index (χ1) is 12.7. The molecule has 0 radical (unpaired) electrons. The van der Waals surface area contributed by atoms with Crippen molar-refractivity contribution in [2.45, 2.75) is 6.18 Å². The Morgan fingerprint density at radius 1 is 1.04 bits per heavy atom. The third kappa shape index (κ3) is 4.94. The van der Waals surface area contributed by atoms with Crippen LogP contribution in [0.1, 0.15) is 10.6 Å². The Balaban J connectivity index is 1.95. The maximum atomic E-state index is 13.2. The molecule has 11 heteroatoms. The Labute approximate surface area is 164 Å². The van der Waals surface area contributed by atoms with Gasteiger partial charge >= 0.3 is 6.18 Å². The molecule has 1 aromatic carbocycles. The SMILES string of the molecule is Fc1ccc(/C=N\Nc2nc(-c3ccc(Cl)c(Cl)c3)cc(C(F)(F)F)n2)s1. The average molecular weight is 435 g/mol. The van der Waals surface area contributed by atoms with Crippen molar-refractivity contribution in [2.24, 2.45) is 5.10 Å². The predicted octanol–water partition coefficient (Wildman–Crippen LogP) is 6.12. The summed E-state index contributed by atoms with van der Waals surface area (Å²) in [5.41, 5.74) is 1.48. The Kier molecular flexibility index (Phi) is 5.64. The second kappa shape index (κ2) is 7.79. The second-order valence-corrected chi connectivity index (χ2v) is 6.98. The van der Waals surface area contributed by atoms with Crippen molar-refractivity contribution in [3.63, 3.8) is 0 Å². The molecule has 0 saturated heterocycles. The molecule has 27 heavy (non-hydrogen) atoms. The summed E-state index contributed by atoms with van der Waals surface area (Å²) in [7, 11) is 0. The summed E-state index contributed by atoms with van der Waals surface area (Å²) in [5, 5.41) is 3.77. The van der Waals surface area contributed by atoms with Gasteiger partial charge in [-0.05, 0) is 30.3 Å². The minimum absolute atomic E-state index is 0.0178. The van der Waals surface area contributed by atoms with E-state index in [1.54, 1.807) is 0 Å². The zero-order valence-electron chi connectivity index (χ0n) is 13.1. The van der Waals surface area contributed by atoms with Gasteiger partial charge in [0.1, 0.15) is 0 Å². The summed E-state index contributed by atoms with van der Waals surface area (Å²) in [6, 6.07) is 7.84. The average Bonchev–Trinajstić information content (AvgIpc) is 3.01. The van der Waals surface area contributed by atoms with Gasteiger partial charge in [-0.1, -0.05) is 29.3 Å². The molecule has 2 aromatic heterocycles. The van der Waals surface area contributed by atoms with Gasteiger partial charge in [0.15, 0.2) is 10.8 Å². The highest BCUT2D eigenvalue weighted by Crippen LogP contribution is 2.33. The highest BCUT2D eigenvalue weighted by atomic mass is 35.5. The van der Waals surface area contributed by atoms with E-state index in [9.17, 15) is 17.6 Å². The van der Waals surface area contributed by atoms with Crippen molar-refractivity contribution < 1.29 is 17.6 Å². The first-order valence-electron chi connectivity index (χ1n) is 7.18. The molecule has 0 aliphatic rings. The number of aromatic nitrogens is 2. The van der Waals surface area contributed by atoms with Crippen LogP contribution in [0.3, 0.4) is 0 Å². The van der Waals surface area contributed by atoms with Crippen LogP contribution in [0.25, 0.3) is 11.3 Å². The van der Waals surface area contributed by atoms with Crippen LogP contribution in [0.4, 0.5) is 23.5 Å². The fourth-order valence-corrected chi connectivity index (χ4v) is 2.90. The van der Waals surface area contributed by atoms with Crippen LogP contribution in [-0.2, 0) is 6.18 Å². The molecule has 0 spiro atoms. The van der Waals surface area contributed by atoms with Gasteiger partial charge < -0.3 is 0 Å². The largest absolute Gasteiger partial charge is 0.433 e. The molecule has 0 saturated carbocycles. The van der Waals surface area contributed by atoms with Gasteiger partial charge in [0.25, 0.3) is 0 Å². The lowest BCUT2D eigenvalue weighted by Gasteiger charge is -2.10. The molecule has 1 N–H and O–H groups in total. The van der Waals surface area contributed by atoms with Crippen LogP contribution in [0.2, 0.25) is 10.0 Å². The van der Waals surface area contributed by atoms with Crippen molar-refractivity contribution in [2.75, 3.05) is 5.43 Å². The number of thiophene rings is 1. The van der Waals surface area contributed by atoms with Crippen molar-refractivity contribution in [1.82, 2.24) is 9.97 Å². The van der Waals surface area contributed by atoms with Gasteiger partial charge in [-0.3, -0.25) is 0 Å². The number of halogens is 6. The summed E-state index contributed by atoms with van der Waals surface area (Å²) in [4.78, 5) is 7.90. The fourth-order valence-electron chi connectivity index (χ4n) is 2.00. The number of hydrazone groups is 1. The van der Waals surface area contributed by atoms with Gasteiger partial charge in [0.05, 0.1) is 26.8 Å². The zero-order chi connectivity index (χ0) is 19.6. The van der Waals surface area contributed by atoms with Gasteiger partial charge in [0, 0.05) is 5.56 Å². The molecule has 0 unspecified atom stereocenters. The van der Waals surface area contributed by atoms with Gasteiger partial charge in [-0.15, -0.1) is 11.3 Å². The van der Waals surface area contributed by atoms with Crippen LogP contribution in [0, 0.1) is 5.13 Å². The summed E-state index contributed by atoms with van der Waals surface area (Å²) in [6.45, 7) is 0. The Morgan fingerprint density at radius 3 is 2.44 bits per heavy atom. The van der Waals surface area contributed by atoms with E-state index in [1.807, 2.05) is 0 Å². The van der Waals surface area contributed by atoms with Gasteiger partial charge in [-0.25, -0.2) is 15.4 Å². The van der Waals surface area contributed by atoms with E-state index in [1.165, 1.54) is 36.5 Å². The Morgan fingerprint density at radius 2 is 1.81 bits per heavy atom. The summed E-state index contributed by atoms with van der Waals surface area (Å²) >= 11 is 12.6. The topological polar surface area (TPSA) is 50.2 Å². The molecule has 2 heterocycles. The lowest BCUT2D eigenvalue weighted by atomic mass is 10.1. The molecular weight excluding hydrogens is 427 g/mol. The van der Waals surface area contributed by atoms with Crippen LogP contribution in [-0.4, -0.2) is 16.2 Å². The Bertz CT molecular complexity index is 1000. The standard InChI is InChI=1S/C16H8Cl2F4N4S/c17-10-3-1-8(5-11(10)18)12-6-13(16(20,21)22)25-15(24-12)26-23-7-9-2-4-14(19)27-9/h1-7H,(H,24,25,26)/b23-7-. The third-order valence-electron chi connectivity index (χ3n) is 3.18. The van der Waals surface area contributed by atoms with Crippen molar-refractivity contribution in [1.29, 1.82) is 0 Å². The first-order valence-corrected chi connectivity index (χ1v) is 8.76. The zero-order valence-corrected chi connectivity index (χ0v) is 15.4. The second-order valence-electron chi connectivity index (χ2n) is 5.10. The summed E-state index contributed by atoms with van der Waals surface area (Å²) < 4.78 is 52.4. The van der Waals surface area contributed by atoms with E-state index >= 15 is 0 Å². The van der Waals surface area contributed by atoms with E-state index in [-0.39, 0.29) is 21.7 Å². The lowest BCUT2D eigenvalue weighted by Crippen LogP contribution is -2.11. The maximum absolute atomic E-state index is 13.2. The molecular formula is C16H8Cl2F4N4S. The molecule has 0 atom stereocenters. The number of benzene rings is 1. The normalized spacial score (nSPS) is 11.9. The van der Waals surface area contributed by atoms with Crippen LogP contribution in [0.5, 0.6) is 0 Å². The molecule has 0 aliphatic heterocycles. The quantitative estimate of drug-likeness (QED) is 0.305. The monoisotopic (exact) mass is 434 g/mol. The number of anilines is 1. The van der Waals surface area contributed by atoms with E-state index < -0.39 is 17.0 Å². The minimum Gasteiger partial charge on any atom is -0.245 e. The summed E-state index contributed by atoms with van der Waals surface area (Å²) in [6.07, 6.45) is -3.44. The molecule has 140 valence electrons. The van der Waals surface area contributed by atoms with Crippen molar-refractivity contribution in [3.05, 3.63) is 62.1 Å². The number of alkyl halides is 3. The molecule has 0 bridgehead atoms. The van der Waals surface area contributed by atoms with Crippen LogP contribution in [0.15, 0.2) is 41.5 Å². The van der Waals surface area contributed by atoms with Gasteiger partial charge in [-0.2, -0.15) is 22.7 Å². The molecule has 4 nitrogen and oxygen atoms in total. The predicted molar refractivity (Wildman–Crippen MR) is 98.0 cm³/mol. The Hall–Kier alpha value is -2.23. The fraction of sp³-hybridized carbons (Fsp3) is 0.0625. The van der Waals surface area contributed by atoms with Crippen LogP contribution < -0.4 is 5.43 Å². The van der Waals surface area contributed by atoms with E-state index in [0.29, 0.717) is 10.4 Å². The number of hydrogen-bond acceptors (Lipinski definition) is 5. The highest BCUT2D eigenvalue weighted by Gasteiger charge is 2.33. The number of nitrogens with one attached hydrogen (secondary N) is 1. The van der Waals surface area contributed by atoms with Crippen molar-refractivity contribution in [3.8, 4) is 11.3 Å². The number of nitrogens with zero attached hydrogens (tertiary/aromatic N) is 3. The molecule has 0 aliphatic carbocycles. The molecule has 0 fully saturated rings. The summed E-state index contributed by atoms with van der Waals surface area (Å²) in [5.74, 6) is -0.376. The first kappa shape index (κ1) is 19.5. The van der Waals surface area contributed by atoms with E-state index in [4.69, 9.17) is 23.2 Å². The lowest BCUT2D eigenvalue weighted by molar-refractivity contribution is -0.141. The van der Waals surface area contributed by atoms with Crippen molar-refractivity contribution >= 4 is 46.7 Å². The molecule has 3 rings (SSSR count). The number of hydrogen-bond donors (Lipinski definition) is 1. The van der Waals surface area contributed by atoms with E-state index in [0.717, 1.165) is 17.4 Å². The smallest absolute Gasteiger partial charge is 0.245 e. The molecule has 3 aromatic rings. The number of rotatable bonds is 4. The van der Waals surface area contributed by atoms with Crippen LogP contribution >= 0.6 is 34.5 Å². The van der Waals surface area contributed by atoms with Gasteiger partial charge in [0.2, 0.25) is 5.95 Å².